The summed E-state index contributed by atoms with van der Waals surface area (Å²) in [7, 11) is 3.09. The van der Waals surface area contributed by atoms with Crippen LogP contribution in [0.25, 0.3) is 0 Å². The van der Waals surface area contributed by atoms with Crippen molar-refractivity contribution in [3.8, 4) is 11.5 Å². The summed E-state index contributed by atoms with van der Waals surface area (Å²) in [5, 5.41) is 2.62. The highest BCUT2D eigenvalue weighted by atomic mass is 16.6. The average molecular weight is 449 g/mol. The largest absolute Gasteiger partial charge is 0.497 e. The molecule has 1 aromatic rings. The number of hydrogen-bond donors (Lipinski definition) is 1. The van der Waals surface area contributed by atoms with Gasteiger partial charge in [0.15, 0.2) is 0 Å². The molecule has 0 saturated carbocycles. The molecule has 32 heavy (non-hydrogen) atoms. The summed E-state index contributed by atoms with van der Waals surface area (Å²) in [4.78, 5) is 38.8. The Morgan fingerprint density at radius 1 is 1.19 bits per heavy atom. The summed E-state index contributed by atoms with van der Waals surface area (Å²) in [6, 6.07) is 3.90. The lowest BCUT2D eigenvalue weighted by Gasteiger charge is -2.48. The number of carbonyl (C=O) groups is 3. The zero-order valence-electron chi connectivity index (χ0n) is 19.7. The van der Waals surface area contributed by atoms with Crippen molar-refractivity contribution in [2.24, 2.45) is 0 Å². The molecule has 1 fully saturated rings. The number of benzene rings is 1. The zero-order valence-corrected chi connectivity index (χ0v) is 19.7. The second-order valence-electron chi connectivity index (χ2n) is 8.35. The van der Waals surface area contributed by atoms with Crippen LogP contribution in [-0.2, 0) is 25.6 Å². The first kappa shape index (κ1) is 25.0. The van der Waals surface area contributed by atoms with Crippen molar-refractivity contribution >= 4 is 18.0 Å². The number of methoxy groups -OCH3 is 2. The highest BCUT2D eigenvalue weighted by Gasteiger charge is 2.49. The van der Waals surface area contributed by atoms with Crippen LogP contribution in [0.5, 0.6) is 11.5 Å². The number of β-lactam (4-membered cyclic amide) rings is 1. The molecule has 1 aromatic carbocycles. The van der Waals surface area contributed by atoms with E-state index in [2.05, 4.69) is 5.32 Å². The van der Waals surface area contributed by atoms with Crippen LogP contribution in [-0.4, -0.2) is 61.4 Å². The third kappa shape index (κ3) is 6.15. The molecule has 2 rings (SSSR count). The van der Waals surface area contributed by atoms with Crippen LogP contribution in [0.15, 0.2) is 29.8 Å². The van der Waals surface area contributed by atoms with Crippen molar-refractivity contribution in [1.82, 2.24) is 10.2 Å². The summed E-state index contributed by atoms with van der Waals surface area (Å²) >= 11 is 0. The van der Waals surface area contributed by atoms with Crippen molar-refractivity contribution in [1.29, 1.82) is 0 Å². The zero-order chi connectivity index (χ0) is 24.1. The fourth-order valence-electron chi connectivity index (χ4n) is 3.43. The predicted octanol–water partition coefficient (Wildman–Crippen LogP) is 2.82. The Kier molecular flexibility index (Phi) is 8.13. The number of alkyl carbamates (subject to hydrolysis) is 1. The van der Waals surface area contributed by atoms with E-state index in [-0.39, 0.29) is 19.1 Å². The van der Waals surface area contributed by atoms with Gasteiger partial charge < -0.3 is 29.2 Å². The lowest BCUT2D eigenvalue weighted by molar-refractivity contribution is -0.150. The van der Waals surface area contributed by atoms with Crippen molar-refractivity contribution in [2.45, 2.75) is 58.8 Å². The number of carbonyl (C=O) groups excluding carboxylic acids is 3. The SMILES string of the molecule is CCOC(=O)C=C(C)[C@H]1[C@@H](NC(=O)OC(C)(C)C)C(=O)N1Cc1ccc(OC)cc1OC. The van der Waals surface area contributed by atoms with Crippen LogP contribution in [0, 0.1) is 0 Å². The van der Waals surface area contributed by atoms with E-state index in [4.69, 9.17) is 18.9 Å². The van der Waals surface area contributed by atoms with E-state index in [9.17, 15) is 14.4 Å². The lowest BCUT2D eigenvalue weighted by atomic mass is 9.88. The molecule has 2 atom stereocenters. The molecule has 0 unspecified atom stereocenters. The van der Waals surface area contributed by atoms with Crippen LogP contribution < -0.4 is 14.8 Å². The fourth-order valence-corrected chi connectivity index (χ4v) is 3.43. The maximum atomic E-state index is 13.0. The molecule has 2 amide bonds. The van der Waals surface area contributed by atoms with Gasteiger partial charge in [0.2, 0.25) is 5.91 Å². The summed E-state index contributed by atoms with van der Waals surface area (Å²) < 4.78 is 20.9. The Bertz CT molecular complexity index is 889. The minimum Gasteiger partial charge on any atom is -0.497 e. The maximum absolute atomic E-state index is 13.0. The van der Waals surface area contributed by atoms with E-state index in [1.807, 2.05) is 0 Å². The van der Waals surface area contributed by atoms with Crippen LogP contribution >= 0.6 is 0 Å². The van der Waals surface area contributed by atoms with Gasteiger partial charge in [-0.05, 0) is 52.3 Å². The van der Waals surface area contributed by atoms with Crippen LogP contribution in [0.4, 0.5) is 4.79 Å². The van der Waals surface area contributed by atoms with Crippen LogP contribution in [0.2, 0.25) is 0 Å². The van der Waals surface area contributed by atoms with Crippen molar-refractivity contribution in [3.05, 3.63) is 35.4 Å². The molecule has 1 aliphatic heterocycles. The predicted molar refractivity (Wildman–Crippen MR) is 117 cm³/mol. The minimum atomic E-state index is -0.861. The van der Waals surface area contributed by atoms with Crippen LogP contribution in [0.3, 0.4) is 0 Å². The van der Waals surface area contributed by atoms with E-state index < -0.39 is 29.7 Å². The van der Waals surface area contributed by atoms with Gasteiger partial charge >= 0.3 is 12.1 Å². The van der Waals surface area contributed by atoms with Gasteiger partial charge in [-0.1, -0.05) is 0 Å². The molecule has 1 N–H and O–H groups in total. The van der Waals surface area contributed by atoms with Crippen molar-refractivity contribution in [2.75, 3.05) is 20.8 Å². The number of esters is 1. The van der Waals surface area contributed by atoms with Gasteiger partial charge in [0.1, 0.15) is 23.1 Å². The molecule has 0 bridgehead atoms. The monoisotopic (exact) mass is 448 g/mol. The molecule has 1 heterocycles. The first-order valence-electron chi connectivity index (χ1n) is 10.4. The number of amides is 2. The Hall–Kier alpha value is -3.23. The number of nitrogens with one attached hydrogen (secondary N) is 1. The Morgan fingerprint density at radius 2 is 1.88 bits per heavy atom. The molecular weight excluding hydrogens is 416 g/mol. The molecule has 0 aromatic heterocycles. The highest BCUT2D eigenvalue weighted by Crippen LogP contribution is 2.33. The van der Waals surface area contributed by atoms with Crippen molar-refractivity contribution < 1.29 is 33.3 Å². The molecule has 0 spiro atoms. The Balaban J connectivity index is 2.30. The molecule has 176 valence electrons. The number of rotatable bonds is 8. The highest BCUT2D eigenvalue weighted by molar-refractivity contribution is 5.94. The molecule has 0 aliphatic carbocycles. The lowest BCUT2D eigenvalue weighted by Crippen LogP contribution is -2.70. The van der Waals surface area contributed by atoms with Gasteiger partial charge in [-0.25, -0.2) is 9.59 Å². The Morgan fingerprint density at radius 3 is 2.44 bits per heavy atom. The first-order chi connectivity index (χ1) is 15.0. The van der Waals surface area contributed by atoms with Gasteiger partial charge in [0.25, 0.3) is 0 Å². The normalized spacial score (nSPS) is 18.5. The van der Waals surface area contributed by atoms with Crippen molar-refractivity contribution in [3.63, 3.8) is 0 Å². The number of likely N-dealkylation sites (tertiary alicyclic amines) is 1. The molecular formula is C23H32N2O7. The summed E-state index contributed by atoms with van der Waals surface area (Å²) in [6.07, 6.45) is 0.634. The third-order valence-corrected chi connectivity index (χ3v) is 4.81. The van der Waals surface area contributed by atoms with E-state index in [0.29, 0.717) is 17.1 Å². The van der Waals surface area contributed by atoms with Crippen LogP contribution in [0.1, 0.15) is 40.2 Å². The van der Waals surface area contributed by atoms with Gasteiger partial charge in [0.05, 0.1) is 33.4 Å². The quantitative estimate of drug-likeness (QED) is 0.370. The maximum Gasteiger partial charge on any atom is 0.408 e. The topological polar surface area (TPSA) is 103 Å². The third-order valence-electron chi connectivity index (χ3n) is 4.81. The average Bonchev–Trinajstić information content (AvgIpc) is 2.71. The number of hydrogen-bond acceptors (Lipinski definition) is 7. The minimum absolute atomic E-state index is 0.219. The molecule has 9 heteroatoms. The first-order valence-corrected chi connectivity index (χ1v) is 10.4. The number of nitrogens with zero attached hydrogens (tertiary/aromatic N) is 1. The van der Waals surface area contributed by atoms with Gasteiger partial charge in [-0.2, -0.15) is 0 Å². The van der Waals surface area contributed by atoms with E-state index >= 15 is 0 Å². The number of ether oxygens (including phenoxy) is 4. The van der Waals surface area contributed by atoms with Gasteiger partial charge in [-0.15, -0.1) is 0 Å². The molecule has 0 radical (unpaired) electrons. The van der Waals surface area contributed by atoms with Gasteiger partial charge in [0, 0.05) is 17.7 Å². The smallest absolute Gasteiger partial charge is 0.408 e. The fraction of sp³-hybridized carbons (Fsp3) is 0.522. The summed E-state index contributed by atoms with van der Waals surface area (Å²) in [5.41, 5.74) is 0.626. The van der Waals surface area contributed by atoms with E-state index in [1.54, 1.807) is 64.8 Å². The second-order valence-corrected chi connectivity index (χ2v) is 8.35. The molecule has 1 aliphatic rings. The summed E-state index contributed by atoms with van der Waals surface area (Å²) in [5.74, 6) is 0.379. The Labute approximate surface area is 188 Å². The van der Waals surface area contributed by atoms with E-state index in [0.717, 1.165) is 5.56 Å². The summed E-state index contributed by atoms with van der Waals surface area (Å²) in [6.45, 7) is 9.09. The second kappa shape index (κ2) is 10.4. The molecule has 9 nitrogen and oxygen atoms in total. The van der Waals surface area contributed by atoms with E-state index in [1.165, 1.54) is 13.2 Å². The van der Waals surface area contributed by atoms with Gasteiger partial charge in [-0.3, -0.25) is 4.79 Å². The molecule has 1 saturated heterocycles. The standard InChI is InChI=1S/C23H32N2O7/c1-8-31-18(26)11-14(2)20-19(24-22(28)32-23(3,4)5)21(27)25(20)13-15-9-10-16(29-6)12-17(15)30-7/h9-12,19-20H,8,13H2,1-7H3,(H,24,28)/t19-,20+/m1/s1.